The second kappa shape index (κ2) is 4.75. The van der Waals surface area contributed by atoms with E-state index in [0.29, 0.717) is 6.61 Å². The van der Waals surface area contributed by atoms with Gasteiger partial charge in [0, 0.05) is 13.3 Å². The topological polar surface area (TPSA) is 27.1 Å². The Kier molecular flexibility index (Phi) is 3.15. The average molecular weight is 202 g/mol. The molecule has 3 heteroatoms. The van der Waals surface area contributed by atoms with Crippen LogP contribution in [0.3, 0.4) is 0 Å². The number of rotatable bonds is 4. The first kappa shape index (κ1) is 9.93. The molecule has 0 amide bonds. The van der Waals surface area contributed by atoms with Crippen LogP contribution in [0.1, 0.15) is 11.3 Å². The van der Waals surface area contributed by atoms with Crippen LogP contribution < -0.4 is 0 Å². The van der Waals surface area contributed by atoms with Gasteiger partial charge in [-0.2, -0.15) is 5.10 Å². The fourth-order valence-electron chi connectivity index (χ4n) is 1.49. The zero-order chi connectivity index (χ0) is 10.5. The summed E-state index contributed by atoms with van der Waals surface area (Å²) in [4.78, 5) is 0. The van der Waals surface area contributed by atoms with Gasteiger partial charge in [-0.05, 0) is 11.6 Å². The Morgan fingerprint density at radius 3 is 2.73 bits per heavy atom. The monoisotopic (exact) mass is 202 g/mol. The van der Waals surface area contributed by atoms with Crippen LogP contribution in [-0.4, -0.2) is 16.9 Å². The lowest BCUT2D eigenvalue weighted by Crippen LogP contribution is -2.01. The third-order valence-electron chi connectivity index (χ3n) is 2.18. The van der Waals surface area contributed by atoms with Gasteiger partial charge in [0.05, 0.1) is 18.8 Å². The average Bonchev–Trinajstić information content (AvgIpc) is 2.68. The molecule has 1 heterocycles. The third-order valence-corrected chi connectivity index (χ3v) is 2.18. The Hall–Kier alpha value is -1.61. The van der Waals surface area contributed by atoms with Gasteiger partial charge in [-0.1, -0.05) is 30.3 Å². The van der Waals surface area contributed by atoms with Crippen LogP contribution in [0.25, 0.3) is 0 Å². The van der Waals surface area contributed by atoms with E-state index in [1.54, 1.807) is 7.11 Å². The van der Waals surface area contributed by atoms with E-state index in [1.165, 1.54) is 5.56 Å². The van der Waals surface area contributed by atoms with E-state index in [2.05, 4.69) is 17.2 Å². The van der Waals surface area contributed by atoms with Crippen LogP contribution in [0.2, 0.25) is 0 Å². The summed E-state index contributed by atoms with van der Waals surface area (Å²) >= 11 is 0. The molecular weight excluding hydrogens is 188 g/mol. The molecule has 0 fully saturated rings. The van der Waals surface area contributed by atoms with Crippen molar-refractivity contribution in [3.05, 3.63) is 53.9 Å². The van der Waals surface area contributed by atoms with Crippen LogP contribution in [0.15, 0.2) is 42.6 Å². The molecule has 0 aliphatic heterocycles. The maximum atomic E-state index is 5.02. The van der Waals surface area contributed by atoms with E-state index >= 15 is 0 Å². The van der Waals surface area contributed by atoms with Gasteiger partial charge in [0.25, 0.3) is 0 Å². The molecule has 3 nitrogen and oxygen atoms in total. The molecule has 0 saturated carbocycles. The first-order valence-electron chi connectivity index (χ1n) is 4.93. The molecule has 0 spiro atoms. The molecule has 0 saturated heterocycles. The number of hydrogen-bond donors (Lipinski definition) is 0. The number of hydrogen-bond acceptors (Lipinski definition) is 2. The molecular formula is C12H14N2O. The zero-order valence-corrected chi connectivity index (χ0v) is 8.76. The number of ether oxygens (including phenoxy) is 1. The summed E-state index contributed by atoms with van der Waals surface area (Å²) in [6, 6.07) is 12.3. The summed E-state index contributed by atoms with van der Waals surface area (Å²) in [5, 5.41) is 4.39. The molecule has 0 bridgehead atoms. The van der Waals surface area contributed by atoms with E-state index < -0.39 is 0 Å². The van der Waals surface area contributed by atoms with Crippen LogP contribution >= 0.6 is 0 Å². The summed E-state index contributed by atoms with van der Waals surface area (Å²) in [6.07, 6.45) is 1.97. The summed E-state index contributed by atoms with van der Waals surface area (Å²) in [5.41, 5.74) is 2.22. The second-order valence-electron chi connectivity index (χ2n) is 3.42. The van der Waals surface area contributed by atoms with E-state index in [9.17, 15) is 0 Å². The van der Waals surface area contributed by atoms with Gasteiger partial charge in [0.2, 0.25) is 0 Å². The van der Waals surface area contributed by atoms with E-state index in [4.69, 9.17) is 4.74 Å². The molecule has 78 valence electrons. The molecule has 2 aromatic rings. The molecule has 0 N–H and O–H groups in total. The predicted molar refractivity (Wildman–Crippen MR) is 58.5 cm³/mol. The maximum Gasteiger partial charge on any atom is 0.0902 e. The highest BCUT2D eigenvalue weighted by Gasteiger charge is 1.98. The van der Waals surface area contributed by atoms with Gasteiger partial charge >= 0.3 is 0 Å². The molecule has 0 aliphatic carbocycles. The van der Waals surface area contributed by atoms with E-state index in [-0.39, 0.29) is 0 Å². The summed E-state index contributed by atoms with van der Waals surface area (Å²) < 4.78 is 6.94. The van der Waals surface area contributed by atoms with Gasteiger partial charge in [0.15, 0.2) is 0 Å². The molecule has 0 radical (unpaired) electrons. The molecule has 0 aliphatic rings. The van der Waals surface area contributed by atoms with Crippen LogP contribution in [0, 0.1) is 0 Å². The standard InChI is InChI=1S/C12H14N2O/c1-15-10-12-7-8-14(13-12)9-11-5-3-2-4-6-11/h2-8H,9-10H2,1H3. The van der Waals surface area contributed by atoms with Gasteiger partial charge in [-0.3, -0.25) is 4.68 Å². The van der Waals surface area contributed by atoms with Crippen molar-refractivity contribution >= 4 is 0 Å². The van der Waals surface area contributed by atoms with Crippen molar-refractivity contribution in [3.63, 3.8) is 0 Å². The molecule has 1 aromatic carbocycles. The van der Waals surface area contributed by atoms with Crippen molar-refractivity contribution in [1.29, 1.82) is 0 Å². The Morgan fingerprint density at radius 2 is 2.00 bits per heavy atom. The van der Waals surface area contributed by atoms with Crippen molar-refractivity contribution in [2.75, 3.05) is 7.11 Å². The van der Waals surface area contributed by atoms with Crippen LogP contribution in [0.5, 0.6) is 0 Å². The van der Waals surface area contributed by atoms with Gasteiger partial charge in [-0.15, -0.1) is 0 Å². The molecule has 1 aromatic heterocycles. The number of nitrogens with zero attached hydrogens (tertiary/aromatic N) is 2. The van der Waals surface area contributed by atoms with Crippen molar-refractivity contribution in [2.24, 2.45) is 0 Å². The highest BCUT2D eigenvalue weighted by atomic mass is 16.5. The normalized spacial score (nSPS) is 10.5. The van der Waals surface area contributed by atoms with Crippen LogP contribution in [0.4, 0.5) is 0 Å². The summed E-state index contributed by atoms with van der Waals surface area (Å²) in [6.45, 7) is 1.38. The lowest BCUT2D eigenvalue weighted by molar-refractivity contribution is 0.181. The van der Waals surface area contributed by atoms with Gasteiger partial charge in [-0.25, -0.2) is 0 Å². The van der Waals surface area contributed by atoms with Gasteiger partial charge < -0.3 is 4.74 Å². The molecule has 2 rings (SSSR count). The fourth-order valence-corrected chi connectivity index (χ4v) is 1.49. The number of benzene rings is 1. The lowest BCUT2D eigenvalue weighted by Gasteiger charge is -2.01. The highest BCUT2D eigenvalue weighted by molar-refractivity contribution is 5.15. The molecule has 0 atom stereocenters. The van der Waals surface area contributed by atoms with Crippen molar-refractivity contribution in [1.82, 2.24) is 9.78 Å². The Morgan fingerprint density at radius 1 is 1.20 bits per heavy atom. The minimum absolute atomic E-state index is 0.571. The van der Waals surface area contributed by atoms with Crippen LogP contribution in [-0.2, 0) is 17.9 Å². The smallest absolute Gasteiger partial charge is 0.0902 e. The van der Waals surface area contributed by atoms with E-state index in [1.807, 2.05) is 35.1 Å². The maximum absolute atomic E-state index is 5.02. The first-order chi connectivity index (χ1) is 7.38. The largest absolute Gasteiger partial charge is 0.378 e. The van der Waals surface area contributed by atoms with Crippen molar-refractivity contribution in [2.45, 2.75) is 13.2 Å². The van der Waals surface area contributed by atoms with Crippen molar-refractivity contribution < 1.29 is 4.74 Å². The van der Waals surface area contributed by atoms with Crippen molar-refractivity contribution in [3.8, 4) is 0 Å². The quantitative estimate of drug-likeness (QED) is 0.759. The minimum Gasteiger partial charge on any atom is -0.378 e. The van der Waals surface area contributed by atoms with Gasteiger partial charge in [0.1, 0.15) is 0 Å². The Bertz CT molecular complexity index is 409. The summed E-state index contributed by atoms with van der Waals surface area (Å²) in [5.74, 6) is 0. The minimum atomic E-state index is 0.571. The number of aromatic nitrogens is 2. The fraction of sp³-hybridized carbons (Fsp3) is 0.250. The van der Waals surface area contributed by atoms with E-state index in [0.717, 1.165) is 12.2 Å². The molecule has 15 heavy (non-hydrogen) atoms. The summed E-state index contributed by atoms with van der Waals surface area (Å²) in [7, 11) is 1.68. The first-order valence-corrected chi connectivity index (χ1v) is 4.93. The Labute approximate surface area is 89.3 Å². The molecule has 0 unspecified atom stereocenters. The zero-order valence-electron chi connectivity index (χ0n) is 8.76. The lowest BCUT2D eigenvalue weighted by atomic mass is 10.2. The Balaban J connectivity index is 2.05. The highest BCUT2D eigenvalue weighted by Crippen LogP contribution is 2.03. The third kappa shape index (κ3) is 2.67. The SMILES string of the molecule is COCc1ccn(Cc2ccccc2)n1. The number of methoxy groups -OCH3 is 1. The second-order valence-corrected chi connectivity index (χ2v) is 3.42. The predicted octanol–water partition coefficient (Wildman–Crippen LogP) is 2.08.